The lowest BCUT2D eigenvalue weighted by molar-refractivity contribution is 0.0606. The molecule has 1 amide bonds. The molecule has 1 heterocycles. The van der Waals surface area contributed by atoms with Crippen molar-refractivity contribution in [3.8, 4) is 11.5 Å². The fourth-order valence-corrected chi connectivity index (χ4v) is 2.53. The number of carbonyl (C=O) groups excluding carboxylic acids is 1. The molecule has 1 N–H and O–H groups in total. The number of hydrogen-bond donors (Lipinski definition) is 1. The fourth-order valence-electron chi connectivity index (χ4n) is 2.27. The summed E-state index contributed by atoms with van der Waals surface area (Å²) in [4.78, 5) is 12.2. The lowest BCUT2D eigenvalue weighted by Gasteiger charge is -2.30. The Labute approximate surface area is 137 Å². The van der Waals surface area contributed by atoms with Gasteiger partial charge in [0.2, 0.25) is 0 Å². The van der Waals surface area contributed by atoms with Crippen molar-refractivity contribution in [2.75, 3.05) is 6.61 Å². The van der Waals surface area contributed by atoms with Crippen molar-refractivity contribution < 1.29 is 14.3 Å². The normalized spacial score (nSPS) is 17.6. The molecule has 3 rings (SSSR count). The summed E-state index contributed by atoms with van der Waals surface area (Å²) < 4.78 is 12.5. The third-order valence-electron chi connectivity index (χ3n) is 3.55. The molecule has 0 saturated carbocycles. The molecule has 0 aliphatic carbocycles. The van der Waals surface area contributed by atoms with Gasteiger partial charge in [-0.25, -0.2) is 0 Å². The van der Waals surface area contributed by atoms with Crippen LogP contribution in [0.25, 0.3) is 0 Å². The van der Waals surface area contributed by atoms with Crippen molar-refractivity contribution in [1.82, 2.24) is 5.32 Å². The van der Waals surface area contributed by atoms with Gasteiger partial charge >= 0.3 is 0 Å². The number of hydrogen-bond acceptors (Lipinski definition) is 3. The second-order valence-electron chi connectivity index (χ2n) is 5.18. The standard InChI is InChI=1S/C17H16BrNO3/c1-11(19-17(20)12-6-8-13(18)9-7-12)16-10-21-14-4-2-3-5-15(14)22-16/h2-9,11,16H,10H2,1H3,(H,19,20)/t11-,16+/m1/s1. The molecule has 5 heteroatoms. The first kappa shape index (κ1) is 14.9. The summed E-state index contributed by atoms with van der Waals surface area (Å²) >= 11 is 3.36. The van der Waals surface area contributed by atoms with Crippen LogP contribution in [-0.2, 0) is 0 Å². The minimum Gasteiger partial charge on any atom is -0.486 e. The Morgan fingerprint density at radius 2 is 1.86 bits per heavy atom. The SMILES string of the molecule is C[C@@H](NC(=O)c1ccc(Br)cc1)[C@@H]1COc2ccccc2O1. The zero-order valence-corrected chi connectivity index (χ0v) is 13.7. The van der Waals surface area contributed by atoms with E-state index < -0.39 is 0 Å². The molecule has 0 aromatic heterocycles. The summed E-state index contributed by atoms with van der Waals surface area (Å²) in [5, 5.41) is 2.96. The Morgan fingerprint density at radius 1 is 1.18 bits per heavy atom. The fraction of sp³-hybridized carbons (Fsp3) is 0.235. The summed E-state index contributed by atoms with van der Waals surface area (Å²) in [6.45, 7) is 2.33. The molecular formula is C17H16BrNO3. The van der Waals surface area contributed by atoms with Gasteiger partial charge in [0.1, 0.15) is 6.61 Å². The highest BCUT2D eigenvalue weighted by Crippen LogP contribution is 2.31. The van der Waals surface area contributed by atoms with Crippen LogP contribution in [0.2, 0.25) is 0 Å². The summed E-state index contributed by atoms with van der Waals surface area (Å²) in [7, 11) is 0. The molecule has 0 fully saturated rings. The van der Waals surface area contributed by atoms with Crippen LogP contribution in [0.3, 0.4) is 0 Å². The quantitative estimate of drug-likeness (QED) is 0.911. The van der Waals surface area contributed by atoms with Crippen molar-refractivity contribution in [3.63, 3.8) is 0 Å². The molecule has 4 nitrogen and oxygen atoms in total. The van der Waals surface area contributed by atoms with Crippen molar-refractivity contribution in [2.24, 2.45) is 0 Å². The van der Waals surface area contributed by atoms with Gasteiger partial charge in [0, 0.05) is 10.0 Å². The van der Waals surface area contributed by atoms with E-state index in [-0.39, 0.29) is 18.1 Å². The van der Waals surface area contributed by atoms with Crippen LogP contribution in [0.4, 0.5) is 0 Å². The lowest BCUT2D eigenvalue weighted by atomic mass is 10.1. The van der Waals surface area contributed by atoms with Crippen LogP contribution in [0.5, 0.6) is 11.5 Å². The molecule has 0 unspecified atom stereocenters. The van der Waals surface area contributed by atoms with Crippen molar-refractivity contribution in [3.05, 3.63) is 58.6 Å². The zero-order valence-electron chi connectivity index (χ0n) is 12.1. The maximum absolute atomic E-state index is 12.2. The molecule has 114 valence electrons. The van der Waals surface area contributed by atoms with E-state index >= 15 is 0 Å². The van der Waals surface area contributed by atoms with Gasteiger partial charge in [-0.2, -0.15) is 0 Å². The van der Waals surface area contributed by atoms with Crippen LogP contribution < -0.4 is 14.8 Å². The van der Waals surface area contributed by atoms with Gasteiger partial charge in [-0.05, 0) is 43.3 Å². The average Bonchev–Trinajstić information content (AvgIpc) is 2.55. The van der Waals surface area contributed by atoms with Crippen LogP contribution in [0, 0.1) is 0 Å². The van der Waals surface area contributed by atoms with Crippen LogP contribution in [0.15, 0.2) is 53.0 Å². The van der Waals surface area contributed by atoms with Crippen molar-refractivity contribution in [2.45, 2.75) is 19.1 Å². The first-order valence-corrected chi connectivity index (χ1v) is 7.88. The number of rotatable bonds is 3. The molecule has 0 spiro atoms. The molecule has 0 radical (unpaired) electrons. The Balaban J connectivity index is 1.64. The molecule has 22 heavy (non-hydrogen) atoms. The largest absolute Gasteiger partial charge is 0.486 e. The highest BCUT2D eigenvalue weighted by Gasteiger charge is 2.27. The zero-order chi connectivity index (χ0) is 15.5. The van der Waals surface area contributed by atoms with E-state index in [9.17, 15) is 4.79 Å². The lowest BCUT2D eigenvalue weighted by Crippen LogP contribution is -2.48. The molecule has 0 saturated heterocycles. The summed E-state index contributed by atoms with van der Waals surface area (Å²) in [6.07, 6.45) is -0.214. The average molecular weight is 362 g/mol. The monoisotopic (exact) mass is 361 g/mol. The summed E-state index contributed by atoms with van der Waals surface area (Å²) in [6, 6.07) is 14.6. The molecule has 0 bridgehead atoms. The number of ether oxygens (including phenoxy) is 2. The summed E-state index contributed by atoms with van der Waals surface area (Å²) in [5.41, 5.74) is 0.618. The highest BCUT2D eigenvalue weighted by atomic mass is 79.9. The Hall–Kier alpha value is -2.01. The Bertz CT molecular complexity index is 672. The predicted molar refractivity (Wildman–Crippen MR) is 87.4 cm³/mol. The number of carbonyl (C=O) groups is 1. The second kappa shape index (κ2) is 6.40. The molecular weight excluding hydrogens is 346 g/mol. The highest BCUT2D eigenvalue weighted by molar-refractivity contribution is 9.10. The maximum atomic E-state index is 12.2. The van der Waals surface area contributed by atoms with Crippen LogP contribution in [-0.4, -0.2) is 24.7 Å². The first-order valence-electron chi connectivity index (χ1n) is 7.08. The van der Waals surface area contributed by atoms with E-state index in [4.69, 9.17) is 9.47 Å². The van der Waals surface area contributed by atoms with E-state index in [2.05, 4.69) is 21.2 Å². The van der Waals surface area contributed by atoms with Gasteiger partial charge in [0.05, 0.1) is 6.04 Å². The van der Waals surface area contributed by atoms with Crippen LogP contribution in [0.1, 0.15) is 17.3 Å². The van der Waals surface area contributed by atoms with E-state index in [1.165, 1.54) is 0 Å². The Kier molecular flexibility index (Phi) is 4.34. The van der Waals surface area contributed by atoms with E-state index in [0.29, 0.717) is 17.9 Å². The number of amides is 1. The number of para-hydroxylation sites is 2. The van der Waals surface area contributed by atoms with E-state index in [1.807, 2.05) is 43.3 Å². The van der Waals surface area contributed by atoms with Gasteiger partial charge in [-0.15, -0.1) is 0 Å². The number of halogens is 1. The number of fused-ring (bicyclic) bond motifs is 1. The molecule has 1 aliphatic rings. The molecule has 2 atom stereocenters. The molecule has 1 aliphatic heterocycles. The smallest absolute Gasteiger partial charge is 0.251 e. The van der Waals surface area contributed by atoms with Gasteiger partial charge < -0.3 is 14.8 Å². The summed E-state index contributed by atoms with van der Waals surface area (Å²) in [5.74, 6) is 1.33. The van der Waals surface area contributed by atoms with E-state index in [0.717, 1.165) is 10.2 Å². The third-order valence-corrected chi connectivity index (χ3v) is 4.08. The first-order chi connectivity index (χ1) is 10.6. The van der Waals surface area contributed by atoms with Gasteiger partial charge in [0.25, 0.3) is 5.91 Å². The van der Waals surface area contributed by atoms with Crippen LogP contribution >= 0.6 is 15.9 Å². The molecule has 2 aromatic carbocycles. The molecule has 2 aromatic rings. The number of nitrogens with one attached hydrogen (secondary N) is 1. The topological polar surface area (TPSA) is 47.6 Å². The minimum atomic E-state index is -0.214. The van der Waals surface area contributed by atoms with E-state index in [1.54, 1.807) is 12.1 Å². The number of benzene rings is 2. The van der Waals surface area contributed by atoms with Crippen molar-refractivity contribution >= 4 is 21.8 Å². The minimum absolute atomic E-state index is 0.123. The van der Waals surface area contributed by atoms with Gasteiger partial charge in [-0.1, -0.05) is 28.1 Å². The predicted octanol–water partition coefficient (Wildman–Crippen LogP) is 3.41. The van der Waals surface area contributed by atoms with Crippen molar-refractivity contribution in [1.29, 1.82) is 0 Å². The maximum Gasteiger partial charge on any atom is 0.251 e. The van der Waals surface area contributed by atoms with Gasteiger partial charge in [-0.3, -0.25) is 4.79 Å². The second-order valence-corrected chi connectivity index (χ2v) is 6.10. The Morgan fingerprint density at radius 3 is 2.59 bits per heavy atom. The van der Waals surface area contributed by atoms with Gasteiger partial charge in [0.15, 0.2) is 17.6 Å². The third kappa shape index (κ3) is 3.25.